The van der Waals surface area contributed by atoms with Gasteiger partial charge in [-0.3, -0.25) is 0 Å². The summed E-state index contributed by atoms with van der Waals surface area (Å²) in [5, 5.41) is 4.97. The lowest BCUT2D eigenvalue weighted by atomic mass is 9.81. The summed E-state index contributed by atoms with van der Waals surface area (Å²) in [5.74, 6) is 0.696. The van der Waals surface area contributed by atoms with E-state index in [9.17, 15) is 0 Å². The fraction of sp³-hybridized carbons (Fsp3) is 0.0526. The van der Waals surface area contributed by atoms with Crippen molar-refractivity contribution in [3.05, 3.63) is 217 Å². The molecule has 59 heavy (non-hydrogen) atoms. The molecule has 0 fully saturated rings. The molecule has 2 nitrogen and oxygen atoms in total. The molecule has 1 heterocycles. The molecule has 10 aromatic rings. The molecule has 1 aliphatic rings. The Morgan fingerprint density at radius 1 is 0.322 bits per heavy atom. The Morgan fingerprint density at radius 3 is 1.64 bits per heavy atom. The van der Waals surface area contributed by atoms with Crippen LogP contribution in [0.25, 0.3) is 100.0 Å². The molecule has 278 valence electrons. The van der Waals surface area contributed by atoms with Crippen LogP contribution in [0.15, 0.2) is 206 Å². The molecular weight excluding hydrogens is 713 g/mol. The van der Waals surface area contributed by atoms with E-state index in [1.165, 1.54) is 54.9 Å². The van der Waals surface area contributed by atoms with Crippen LogP contribution in [0.3, 0.4) is 0 Å². The van der Waals surface area contributed by atoms with E-state index in [0.29, 0.717) is 5.82 Å². The topological polar surface area (TPSA) is 25.8 Å². The second kappa shape index (κ2) is 13.9. The van der Waals surface area contributed by atoms with Gasteiger partial charge in [0.2, 0.25) is 0 Å². The first kappa shape index (κ1) is 34.8. The molecule has 0 saturated heterocycles. The third kappa shape index (κ3) is 5.96. The number of rotatable bonds is 6. The average molecular weight is 753 g/mol. The van der Waals surface area contributed by atoms with Crippen LogP contribution < -0.4 is 0 Å². The first-order valence-corrected chi connectivity index (χ1v) is 20.4. The van der Waals surface area contributed by atoms with Gasteiger partial charge in [-0.1, -0.05) is 184 Å². The summed E-state index contributed by atoms with van der Waals surface area (Å²) < 4.78 is 0. The molecule has 0 unspecified atom stereocenters. The number of nitrogens with zero attached hydrogens (tertiary/aromatic N) is 2. The summed E-state index contributed by atoms with van der Waals surface area (Å²) in [5.41, 5.74) is 17.0. The summed E-state index contributed by atoms with van der Waals surface area (Å²) in [4.78, 5) is 10.7. The lowest BCUT2D eigenvalue weighted by Crippen LogP contribution is -2.14. The van der Waals surface area contributed by atoms with Crippen molar-refractivity contribution in [3.8, 4) is 78.4 Å². The lowest BCUT2D eigenvalue weighted by molar-refractivity contribution is 0.661. The largest absolute Gasteiger partial charge is 0.228 e. The number of benzene rings is 9. The third-order valence-corrected chi connectivity index (χ3v) is 12.3. The minimum absolute atomic E-state index is 0.154. The van der Waals surface area contributed by atoms with Crippen molar-refractivity contribution in [1.29, 1.82) is 0 Å². The van der Waals surface area contributed by atoms with Gasteiger partial charge in [0.1, 0.15) is 0 Å². The molecule has 0 aliphatic heterocycles. The molecule has 0 amide bonds. The SMILES string of the molecule is CC1(C)c2cc3ccccc3cc2-c2c(-c3cc(-c4cc(-c5ccccc5-c5ccccc5)nc(-c5ccccc5)n4)cc(-c4cccc5ccccc45)c3)cccc21. The molecule has 0 atom stereocenters. The number of hydrogen-bond acceptors (Lipinski definition) is 2. The Kier molecular flexibility index (Phi) is 8.20. The minimum Gasteiger partial charge on any atom is -0.228 e. The van der Waals surface area contributed by atoms with Gasteiger partial charge in [-0.25, -0.2) is 9.97 Å². The zero-order valence-electron chi connectivity index (χ0n) is 33.0. The number of fused-ring (bicyclic) bond motifs is 5. The van der Waals surface area contributed by atoms with E-state index in [2.05, 4.69) is 214 Å². The Morgan fingerprint density at radius 2 is 0.864 bits per heavy atom. The Hall–Kier alpha value is -7.42. The molecule has 11 rings (SSSR count). The van der Waals surface area contributed by atoms with Crippen LogP contribution in [0, 0.1) is 0 Å². The predicted octanol–water partition coefficient (Wildman–Crippen LogP) is 15.1. The quantitative estimate of drug-likeness (QED) is 0.169. The molecule has 0 bridgehead atoms. The number of aromatic nitrogens is 2. The third-order valence-electron chi connectivity index (χ3n) is 12.3. The van der Waals surface area contributed by atoms with Crippen molar-refractivity contribution < 1.29 is 0 Å². The van der Waals surface area contributed by atoms with Gasteiger partial charge in [0, 0.05) is 22.1 Å². The first-order valence-electron chi connectivity index (χ1n) is 20.4. The molecule has 1 aliphatic carbocycles. The molecule has 0 spiro atoms. The van der Waals surface area contributed by atoms with E-state index in [1.807, 2.05) is 6.07 Å². The highest BCUT2D eigenvalue weighted by Gasteiger charge is 2.37. The molecule has 9 aromatic carbocycles. The highest BCUT2D eigenvalue weighted by atomic mass is 14.9. The van der Waals surface area contributed by atoms with Gasteiger partial charge in [-0.05, 0) is 114 Å². The van der Waals surface area contributed by atoms with Gasteiger partial charge < -0.3 is 0 Å². The van der Waals surface area contributed by atoms with Crippen LogP contribution >= 0.6 is 0 Å². The summed E-state index contributed by atoms with van der Waals surface area (Å²) in [7, 11) is 0. The van der Waals surface area contributed by atoms with Crippen LogP contribution in [-0.4, -0.2) is 9.97 Å². The van der Waals surface area contributed by atoms with E-state index in [-0.39, 0.29) is 5.41 Å². The van der Waals surface area contributed by atoms with Gasteiger partial charge in [-0.15, -0.1) is 0 Å². The van der Waals surface area contributed by atoms with E-state index in [0.717, 1.165) is 50.3 Å². The maximum absolute atomic E-state index is 5.39. The molecular formula is C57H40N2. The smallest absolute Gasteiger partial charge is 0.160 e. The molecule has 2 heteroatoms. The van der Waals surface area contributed by atoms with Crippen LogP contribution in [0.4, 0.5) is 0 Å². The van der Waals surface area contributed by atoms with Crippen LogP contribution in [-0.2, 0) is 5.41 Å². The van der Waals surface area contributed by atoms with Crippen molar-refractivity contribution in [1.82, 2.24) is 9.97 Å². The summed E-state index contributed by atoms with van der Waals surface area (Å²) in [6.07, 6.45) is 0. The molecule has 1 aromatic heterocycles. The predicted molar refractivity (Wildman–Crippen MR) is 247 cm³/mol. The molecule has 0 saturated carbocycles. The highest BCUT2D eigenvalue weighted by molar-refractivity contribution is 6.02. The van der Waals surface area contributed by atoms with Crippen molar-refractivity contribution in [2.24, 2.45) is 0 Å². The van der Waals surface area contributed by atoms with E-state index < -0.39 is 0 Å². The Labute approximate surface area is 345 Å². The van der Waals surface area contributed by atoms with E-state index in [1.54, 1.807) is 0 Å². The van der Waals surface area contributed by atoms with Crippen molar-refractivity contribution in [2.45, 2.75) is 19.3 Å². The maximum atomic E-state index is 5.39. The first-order chi connectivity index (χ1) is 29.0. The van der Waals surface area contributed by atoms with Crippen molar-refractivity contribution in [2.75, 3.05) is 0 Å². The fourth-order valence-corrected chi connectivity index (χ4v) is 9.30. The normalized spacial score (nSPS) is 12.7. The summed E-state index contributed by atoms with van der Waals surface area (Å²) >= 11 is 0. The fourth-order valence-electron chi connectivity index (χ4n) is 9.30. The monoisotopic (exact) mass is 752 g/mol. The Bertz CT molecular complexity index is 3230. The van der Waals surface area contributed by atoms with Crippen LogP contribution in [0.2, 0.25) is 0 Å². The highest BCUT2D eigenvalue weighted by Crippen LogP contribution is 2.53. The van der Waals surface area contributed by atoms with Gasteiger partial charge in [0.05, 0.1) is 11.4 Å². The van der Waals surface area contributed by atoms with Gasteiger partial charge in [0.15, 0.2) is 5.82 Å². The zero-order valence-corrected chi connectivity index (χ0v) is 33.0. The lowest BCUT2D eigenvalue weighted by Gasteiger charge is -2.22. The minimum atomic E-state index is -0.154. The molecule has 0 radical (unpaired) electrons. The summed E-state index contributed by atoms with van der Waals surface area (Å²) in [6.45, 7) is 4.74. The average Bonchev–Trinajstić information content (AvgIpc) is 3.53. The van der Waals surface area contributed by atoms with Crippen molar-refractivity contribution >= 4 is 21.5 Å². The molecule has 0 N–H and O–H groups in total. The second-order valence-electron chi connectivity index (χ2n) is 16.2. The Balaban J connectivity index is 1.19. The van der Waals surface area contributed by atoms with E-state index in [4.69, 9.17) is 9.97 Å². The van der Waals surface area contributed by atoms with Gasteiger partial charge in [0.25, 0.3) is 0 Å². The zero-order chi connectivity index (χ0) is 39.5. The summed E-state index contributed by atoms with van der Waals surface area (Å²) in [6, 6.07) is 74.5. The second-order valence-corrected chi connectivity index (χ2v) is 16.2. The van der Waals surface area contributed by atoms with Crippen LogP contribution in [0.5, 0.6) is 0 Å². The van der Waals surface area contributed by atoms with Gasteiger partial charge >= 0.3 is 0 Å². The van der Waals surface area contributed by atoms with Crippen LogP contribution in [0.1, 0.15) is 25.0 Å². The number of hydrogen-bond donors (Lipinski definition) is 0. The van der Waals surface area contributed by atoms with Gasteiger partial charge in [-0.2, -0.15) is 0 Å². The standard InChI is InChI=1S/C57H40N2/c1-57(2)51-30-16-29-48(55(51)50-34-40-22-9-10-23-41(40)35-52(50)57)43-31-42(47-28-15-24-38-19-11-12-25-45(38)47)32-44(33-43)53-36-54(59-56(58-53)39-20-7-4-8-21-39)49-27-14-13-26-46(49)37-17-5-3-6-18-37/h3-36H,1-2H3. The van der Waals surface area contributed by atoms with E-state index >= 15 is 0 Å². The maximum Gasteiger partial charge on any atom is 0.160 e. The van der Waals surface area contributed by atoms with Crippen molar-refractivity contribution in [3.63, 3.8) is 0 Å².